The third-order valence-corrected chi connectivity index (χ3v) is 6.46. The molecule has 0 aliphatic carbocycles. The van der Waals surface area contributed by atoms with Crippen molar-refractivity contribution in [3.05, 3.63) is 28.3 Å². The minimum atomic E-state index is -0.821. The van der Waals surface area contributed by atoms with Gasteiger partial charge >= 0.3 is 12.1 Å². The van der Waals surface area contributed by atoms with Crippen LogP contribution in [0.5, 0.6) is 0 Å². The largest absolute Gasteiger partial charge is 0.466 e. The molecule has 38 heavy (non-hydrogen) atoms. The van der Waals surface area contributed by atoms with E-state index in [0.717, 1.165) is 5.56 Å². The van der Waals surface area contributed by atoms with E-state index < -0.39 is 23.5 Å². The molecule has 2 aliphatic rings. The van der Waals surface area contributed by atoms with E-state index in [-0.39, 0.29) is 31.6 Å². The van der Waals surface area contributed by atoms with Crippen LogP contribution in [0.15, 0.2) is 12.1 Å². The lowest BCUT2D eigenvalue weighted by molar-refractivity contribution is -0.143. The van der Waals surface area contributed by atoms with Crippen LogP contribution in [0.2, 0.25) is 5.02 Å². The topological polar surface area (TPSA) is 108 Å². The zero-order chi connectivity index (χ0) is 28.0. The Hall–Kier alpha value is -3.45. The quantitative estimate of drug-likeness (QED) is 0.413. The zero-order valence-corrected chi connectivity index (χ0v) is 23.1. The van der Waals surface area contributed by atoms with E-state index in [1.54, 1.807) is 24.0 Å². The van der Waals surface area contributed by atoms with E-state index in [0.29, 0.717) is 55.4 Å². The van der Waals surface area contributed by atoms with Crippen LogP contribution in [0, 0.1) is 12.3 Å². The molecule has 0 spiro atoms. The fourth-order valence-corrected chi connectivity index (χ4v) is 4.64. The smallest absolute Gasteiger partial charge is 0.410 e. The van der Waals surface area contributed by atoms with Crippen LogP contribution >= 0.6 is 11.6 Å². The first-order valence-corrected chi connectivity index (χ1v) is 13.0. The van der Waals surface area contributed by atoms with E-state index in [9.17, 15) is 19.2 Å². The van der Waals surface area contributed by atoms with Gasteiger partial charge in [0, 0.05) is 38.3 Å². The molecular weight excluding hydrogens is 512 g/mol. The van der Waals surface area contributed by atoms with Crippen molar-refractivity contribution in [3.8, 4) is 12.3 Å². The molecule has 1 fully saturated rings. The van der Waals surface area contributed by atoms with E-state index in [2.05, 4.69) is 11.2 Å². The predicted octanol–water partition coefficient (Wildman–Crippen LogP) is 2.47. The van der Waals surface area contributed by atoms with Crippen LogP contribution in [0.1, 0.15) is 50.0 Å². The molecule has 0 unspecified atom stereocenters. The maximum atomic E-state index is 13.3. The maximum absolute atomic E-state index is 13.3. The van der Waals surface area contributed by atoms with Crippen molar-refractivity contribution in [2.24, 2.45) is 0 Å². The molecule has 0 saturated carbocycles. The maximum Gasteiger partial charge on any atom is 0.410 e. The molecule has 1 saturated heterocycles. The number of benzene rings is 1. The minimum Gasteiger partial charge on any atom is -0.466 e. The summed E-state index contributed by atoms with van der Waals surface area (Å²) >= 11 is 6.59. The van der Waals surface area contributed by atoms with Gasteiger partial charge in [0.2, 0.25) is 5.91 Å². The number of fused-ring (bicyclic) bond motifs is 1. The van der Waals surface area contributed by atoms with Gasteiger partial charge < -0.3 is 29.5 Å². The summed E-state index contributed by atoms with van der Waals surface area (Å²) in [6, 6.07) is 2.74. The van der Waals surface area contributed by atoms with Gasteiger partial charge in [0.15, 0.2) is 0 Å². The number of rotatable bonds is 7. The first-order chi connectivity index (χ1) is 17.9. The molecule has 1 N–H and O–H groups in total. The molecular formula is C27H35ClN4O6. The molecule has 10 nitrogen and oxygen atoms in total. The van der Waals surface area contributed by atoms with Crippen molar-refractivity contribution in [3.63, 3.8) is 0 Å². The molecule has 206 valence electrons. The Balaban J connectivity index is 1.64. The summed E-state index contributed by atoms with van der Waals surface area (Å²) in [5.74, 6) is 1.12. The van der Waals surface area contributed by atoms with Gasteiger partial charge in [0.1, 0.15) is 11.6 Å². The van der Waals surface area contributed by atoms with Crippen LogP contribution in [0.3, 0.4) is 0 Å². The van der Waals surface area contributed by atoms with Crippen molar-refractivity contribution in [1.82, 2.24) is 15.1 Å². The Morgan fingerprint density at radius 1 is 1.16 bits per heavy atom. The summed E-state index contributed by atoms with van der Waals surface area (Å²) in [6.07, 6.45) is 5.49. The number of halogens is 1. The molecule has 3 rings (SSSR count). The highest BCUT2D eigenvalue weighted by atomic mass is 35.5. The highest BCUT2D eigenvalue weighted by molar-refractivity contribution is 6.33. The summed E-state index contributed by atoms with van der Waals surface area (Å²) in [7, 11) is 0. The molecule has 1 aromatic rings. The van der Waals surface area contributed by atoms with Gasteiger partial charge in [-0.05, 0) is 51.8 Å². The number of esters is 1. The number of carbonyl (C=O) groups excluding carboxylic acids is 4. The second kappa shape index (κ2) is 12.4. The Morgan fingerprint density at radius 3 is 2.45 bits per heavy atom. The van der Waals surface area contributed by atoms with Crippen LogP contribution < -0.4 is 10.2 Å². The molecule has 0 aromatic heterocycles. The van der Waals surface area contributed by atoms with Gasteiger partial charge in [-0.15, -0.1) is 6.42 Å². The zero-order valence-electron chi connectivity index (χ0n) is 22.3. The Morgan fingerprint density at radius 2 is 1.84 bits per heavy atom. The number of nitrogens with one attached hydrogen (secondary N) is 1. The second-order valence-electron chi connectivity index (χ2n) is 10.2. The summed E-state index contributed by atoms with van der Waals surface area (Å²) < 4.78 is 10.3. The number of carbonyl (C=O) groups is 4. The highest BCUT2D eigenvalue weighted by Crippen LogP contribution is 2.33. The summed E-state index contributed by atoms with van der Waals surface area (Å²) in [4.78, 5) is 55.1. The third kappa shape index (κ3) is 7.54. The summed E-state index contributed by atoms with van der Waals surface area (Å²) in [5.41, 5.74) is 1.44. The van der Waals surface area contributed by atoms with Crippen molar-refractivity contribution >= 4 is 41.2 Å². The Labute approximate surface area is 228 Å². The van der Waals surface area contributed by atoms with Crippen LogP contribution in [-0.4, -0.2) is 91.2 Å². The lowest BCUT2D eigenvalue weighted by atomic mass is 9.97. The van der Waals surface area contributed by atoms with Gasteiger partial charge in [-0.25, -0.2) is 4.79 Å². The van der Waals surface area contributed by atoms with E-state index in [1.807, 2.05) is 25.7 Å². The molecule has 3 amide bonds. The van der Waals surface area contributed by atoms with Crippen molar-refractivity contribution in [2.75, 3.05) is 50.8 Å². The van der Waals surface area contributed by atoms with Gasteiger partial charge in [-0.1, -0.05) is 17.5 Å². The molecule has 2 heterocycles. The van der Waals surface area contributed by atoms with Crippen LogP contribution in [0.25, 0.3) is 0 Å². The number of nitrogens with zero attached hydrogens (tertiary/aromatic N) is 3. The average molecular weight is 547 g/mol. The molecule has 0 radical (unpaired) electrons. The molecule has 1 atom stereocenters. The fraction of sp³-hybridized carbons (Fsp3) is 0.556. The standard InChI is InChI=1S/C27H35ClN4O6/c1-6-19(15-24(34)37-7-2)29-23(33)17-32-9-8-18-14-21(28)22(16-20(18)25(32)35)30-10-12-31(13-11-30)26(36)38-27(3,4)5/h1,14,16,19H,7-13,15,17H2,2-5H3,(H,29,33)/t19-/m1/s1. The summed E-state index contributed by atoms with van der Waals surface area (Å²) in [5, 5.41) is 3.14. The third-order valence-electron chi connectivity index (χ3n) is 6.16. The van der Waals surface area contributed by atoms with Crippen molar-refractivity contribution < 1.29 is 28.7 Å². The highest BCUT2D eigenvalue weighted by Gasteiger charge is 2.31. The van der Waals surface area contributed by atoms with Gasteiger partial charge in [-0.3, -0.25) is 14.4 Å². The normalized spacial score (nSPS) is 16.3. The van der Waals surface area contributed by atoms with E-state index in [4.69, 9.17) is 27.5 Å². The second-order valence-corrected chi connectivity index (χ2v) is 10.6. The van der Waals surface area contributed by atoms with Crippen molar-refractivity contribution in [2.45, 2.75) is 52.2 Å². The Bertz CT molecular complexity index is 1120. The lowest BCUT2D eigenvalue weighted by Gasteiger charge is -2.37. The number of amides is 3. The molecule has 11 heteroatoms. The van der Waals surface area contributed by atoms with E-state index >= 15 is 0 Å². The fourth-order valence-electron chi connectivity index (χ4n) is 4.34. The number of terminal acetylenes is 1. The summed E-state index contributed by atoms with van der Waals surface area (Å²) in [6.45, 7) is 9.54. The van der Waals surface area contributed by atoms with E-state index in [1.165, 1.54) is 4.90 Å². The van der Waals surface area contributed by atoms with Crippen molar-refractivity contribution in [1.29, 1.82) is 0 Å². The molecule has 1 aromatic carbocycles. The van der Waals surface area contributed by atoms with Crippen LogP contribution in [-0.2, 0) is 25.5 Å². The number of piperazine rings is 1. The minimum absolute atomic E-state index is 0.143. The molecule has 2 aliphatic heterocycles. The number of hydrogen-bond donors (Lipinski definition) is 1. The van der Waals surface area contributed by atoms with Gasteiger partial charge in [0.25, 0.3) is 5.91 Å². The number of anilines is 1. The first-order valence-electron chi connectivity index (χ1n) is 12.7. The number of ether oxygens (including phenoxy) is 2. The molecule has 0 bridgehead atoms. The monoisotopic (exact) mass is 546 g/mol. The Kier molecular flexibility index (Phi) is 9.50. The SMILES string of the molecule is C#C[C@H](CC(=O)OCC)NC(=O)CN1CCc2cc(Cl)c(N3CCN(C(=O)OC(C)(C)C)CC3)cc2C1=O. The average Bonchev–Trinajstić information content (AvgIpc) is 2.84. The number of hydrogen-bond acceptors (Lipinski definition) is 7. The first kappa shape index (κ1) is 29.1. The van der Waals surface area contributed by atoms with Crippen LogP contribution in [0.4, 0.5) is 10.5 Å². The van der Waals surface area contributed by atoms with Gasteiger partial charge in [-0.2, -0.15) is 0 Å². The lowest BCUT2D eigenvalue weighted by Crippen LogP contribution is -2.50. The predicted molar refractivity (Wildman–Crippen MR) is 143 cm³/mol. The van der Waals surface area contributed by atoms with Gasteiger partial charge in [0.05, 0.1) is 30.3 Å².